The normalized spacial score (nSPS) is 19.5. The Morgan fingerprint density at radius 2 is 1.97 bits per heavy atom. The molecule has 200 valence electrons. The summed E-state index contributed by atoms with van der Waals surface area (Å²) in [5, 5.41) is 4.30. The van der Waals surface area contributed by atoms with Crippen LogP contribution >= 0.6 is 11.3 Å². The Kier molecular flexibility index (Phi) is 7.68. The monoisotopic (exact) mass is 556 g/mol. The van der Waals surface area contributed by atoms with Crippen molar-refractivity contribution in [2.45, 2.75) is 34.0 Å². The van der Waals surface area contributed by atoms with E-state index in [2.05, 4.69) is 5.32 Å². The van der Waals surface area contributed by atoms with Crippen LogP contribution in [0.25, 0.3) is 0 Å². The van der Waals surface area contributed by atoms with Gasteiger partial charge in [0.05, 0.1) is 37.5 Å². The van der Waals surface area contributed by atoms with Gasteiger partial charge >= 0.3 is 0 Å². The number of nitrogens with one attached hydrogen (secondary N) is 1. The molecule has 0 radical (unpaired) electrons. The number of likely N-dealkylation sites (tertiary alicyclic amines) is 1. The Balaban J connectivity index is 1.25. The number of nitrogens with zero attached hydrogens (tertiary/aromatic N) is 1. The largest absolute Gasteiger partial charge is 0.493 e. The van der Waals surface area contributed by atoms with E-state index in [9.17, 15) is 18.0 Å². The fourth-order valence-corrected chi connectivity index (χ4v) is 7.31. The molecule has 0 bridgehead atoms. The zero-order valence-electron chi connectivity index (χ0n) is 20.8. The van der Waals surface area contributed by atoms with Gasteiger partial charge in [-0.15, -0.1) is 11.3 Å². The fraction of sp³-hybridized carbons (Fsp3) is 0.333. The second-order valence-corrected chi connectivity index (χ2v) is 12.2. The number of anilines is 1. The molecule has 9 nitrogen and oxygen atoms in total. The smallest absolute Gasteiger partial charge is 0.244 e. The number of amides is 2. The van der Waals surface area contributed by atoms with Crippen LogP contribution in [0.4, 0.5) is 5.69 Å². The molecule has 11 heteroatoms. The van der Waals surface area contributed by atoms with Gasteiger partial charge in [-0.2, -0.15) is 0 Å². The van der Waals surface area contributed by atoms with Crippen molar-refractivity contribution in [1.82, 2.24) is 4.90 Å². The van der Waals surface area contributed by atoms with Gasteiger partial charge in [0, 0.05) is 25.3 Å². The lowest BCUT2D eigenvalue weighted by Crippen LogP contribution is -2.34. The van der Waals surface area contributed by atoms with Gasteiger partial charge in [0.2, 0.25) is 21.7 Å². The van der Waals surface area contributed by atoms with Crippen molar-refractivity contribution < 1.29 is 32.2 Å². The highest BCUT2D eigenvalue weighted by atomic mass is 32.2. The van der Waals surface area contributed by atoms with E-state index in [0.29, 0.717) is 31.3 Å². The van der Waals surface area contributed by atoms with E-state index < -0.39 is 15.7 Å². The average molecular weight is 557 g/mol. The average Bonchev–Trinajstić information content (AvgIpc) is 3.67. The quantitative estimate of drug-likeness (QED) is 0.428. The van der Waals surface area contributed by atoms with Crippen LogP contribution in [0.15, 0.2) is 69.1 Å². The van der Waals surface area contributed by atoms with Crippen molar-refractivity contribution >= 4 is 38.7 Å². The molecule has 2 unspecified atom stereocenters. The van der Waals surface area contributed by atoms with Crippen LogP contribution in [0.2, 0.25) is 0 Å². The molecule has 3 heterocycles. The van der Waals surface area contributed by atoms with Gasteiger partial charge in [0.25, 0.3) is 0 Å². The van der Waals surface area contributed by atoms with Crippen molar-refractivity contribution in [2.24, 2.45) is 0 Å². The highest BCUT2D eigenvalue weighted by Crippen LogP contribution is 2.36. The van der Waals surface area contributed by atoms with E-state index in [0.717, 1.165) is 23.3 Å². The fourth-order valence-electron chi connectivity index (χ4n) is 4.64. The Morgan fingerprint density at radius 3 is 2.71 bits per heavy atom. The number of ether oxygens (including phenoxy) is 3. The summed E-state index contributed by atoms with van der Waals surface area (Å²) in [5.74, 6) is 0.502. The molecule has 0 saturated carbocycles. The van der Waals surface area contributed by atoms with Crippen LogP contribution in [0, 0.1) is 0 Å². The number of sulfone groups is 1. The van der Waals surface area contributed by atoms with Crippen molar-refractivity contribution in [3.05, 3.63) is 65.5 Å². The maximum atomic E-state index is 13.0. The molecule has 0 aliphatic carbocycles. The molecule has 2 saturated heterocycles. The molecular formula is C27H28N2O7S2. The molecule has 0 spiro atoms. The first kappa shape index (κ1) is 26.2. The minimum absolute atomic E-state index is 0.0442. The SMILES string of the molecule is COc1ccc(C2CC(=O)N(CC(=O)Nc3ccsc3S(=O)(=O)c3ccccc3)C2)cc1OC1CCOC1. The lowest BCUT2D eigenvalue weighted by Gasteiger charge is -2.19. The number of carbonyl (C=O) groups excluding carboxylic acids is 2. The Hall–Kier alpha value is -3.41. The molecule has 1 N–H and O–H groups in total. The van der Waals surface area contributed by atoms with Gasteiger partial charge in [-0.1, -0.05) is 24.3 Å². The molecule has 2 aromatic carbocycles. The summed E-state index contributed by atoms with van der Waals surface area (Å²) in [4.78, 5) is 27.3. The Morgan fingerprint density at radius 1 is 1.16 bits per heavy atom. The maximum Gasteiger partial charge on any atom is 0.244 e. The minimum atomic E-state index is -3.78. The van der Waals surface area contributed by atoms with Crippen LogP contribution in [-0.4, -0.2) is 64.6 Å². The predicted molar refractivity (Wildman–Crippen MR) is 142 cm³/mol. The van der Waals surface area contributed by atoms with Crippen LogP contribution in [0.3, 0.4) is 0 Å². The van der Waals surface area contributed by atoms with E-state index in [1.807, 2.05) is 18.2 Å². The third-order valence-corrected chi connectivity index (χ3v) is 9.84. The number of benzene rings is 2. The lowest BCUT2D eigenvalue weighted by molar-refractivity contribution is -0.131. The first-order valence-corrected chi connectivity index (χ1v) is 14.6. The van der Waals surface area contributed by atoms with E-state index in [4.69, 9.17) is 14.2 Å². The summed E-state index contributed by atoms with van der Waals surface area (Å²) in [6, 6.07) is 15.2. The third kappa shape index (κ3) is 5.54. The molecule has 5 rings (SSSR count). The standard InChI is InChI=1S/C27H28N2O7S2/c1-34-23-8-7-18(13-24(23)36-20-9-11-35-17-20)19-14-26(31)29(15-19)16-25(30)28-22-10-12-37-27(22)38(32,33)21-5-3-2-4-6-21/h2-8,10,12-13,19-20H,9,11,14-17H2,1H3,(H,28,30). The summed E-state index contributed by atoms with van der Waals surface area (Å²) in [5.41, 5.74) is 1.13. The van der Waals surface area contributed by atoms with E-state index in [-0.39, 0.29) is 45.7 Å². The summed E-state index contributed by atoms with van der Waals surface area (Å²) >= 11 is 1.04. The molecule has 38 heavy (non-hydrogen) atoms. The summed E-state index contributed by atoms with van der Waals surface area (Å²) in [7, 11) is -2.20. The number of carbonyl (C=O) groups is 2. The van der Waals surface area contributed by atoms with Crippen LogP contribution < -0.4 is 14.8 Å². The molecule has 2 aliphatic rings. The second-order valence-electron chi connectivity index (χ2n) is 9.18. The van der Waals surface area contributed by atoms with Gasteiger partial charge in [-0.05, 0) is 41.3 Å². The van der Waals surface area contributed by atoms with E-state index in [1.165, 1.54) is 17.0 Å². The summed E-state index contributed by atoms with van der Waals surface area (Å²) in [6.45, 7) is 1.38. The number of thiophene rings is 1. The molecule has 2 atom stereocenters. The van der Waals surface area contributed by atoms with Crippen molar-refractivity contribution in [1.29, 1.82) is 0 Å². The number of methoxy groups -OCH3 is 1. The van der Waals surface area contributed by atoms with Crippen LogP contribution in [0.5, 0.6) is 11.5 Å². The van der Waals surface area contributed by atoms with Gasteiger partial charge in [-0.3, -0.25) is 9.59 Å². The van der Waals surface area contributed by atoms with Crippen molar-refractivity contribution in [3.8, 4) is 11.5 Å². The zero-order valence-corrected chi connectivity index (χ0v) is 22.4. The van der Waals surface area contributed by atoms with Gasteiger partial charge in [0.1, 0.15) is 10.3 Å². The lowest BCUT2D eigenvalue weighted by atomic mass is 9.98. The van der Waals surface area contributed by atoms with Gasteiger partial charge < -0.3 is 24.4 Å². The minimum Gasteiger partial charge on any atom is -0.493 e. The number of hydrogen-bond acceptors (Lipinski definition) is 8. The molecule has 2 amide bonds. The number of hydrogen-bond donors (Lipinski definition) is 1. The highest BCUT2D eigenvalue weighted by molar-refractivity contribution is 7.93. The van der Waals surface area contributed by atoms with E-state index >= 15 is 0 Å². The molecule has 1 aromatic heterocycles. The summed E-state index contributed by atoms with van der Waals surface area (Å²) in [6.07, 6.45) is 1.02. The van der Waals surface area contributed by atoms with Crippen LogP contribution in [0.1, 0.15) is 24.3 Å². The van der Waals surface area contributed by atoms with E-state index in [1.54, 1.807) is 36.8 Å². The highest BCUT2D eigenvalue weighted by Gasteiger charge is 2.33. The predicted octanol–water partition coefficient (Wildman–Crippen LogP) is 3.71. The second kappa shape index (κ2) is 11.1. The van der Waals surface area contributed by atoms with Crippen molar-refractivity contribution in [2.75, 3.05) is 38.7 Å². The first-order chi connectivity index (χ1) is 18.3. The molecule has 2 aliphatic heterocycles. The molecular weight excluding hydrogens is 528 g/mol. The first-order valence-electron chi connectivity index (χ1n) is 12.2. The zero-order chi connectivity index (χ0) is 26.7. The third-order valence-electron chi connectivity index (χ3n) is 6.59. The van der Waals surface area contributed by atoms with Crippen LogP contribution in [-0.2, 0) is 24.2 Å². The summed E-state index contributed by atoms with van der Waals surface area (Å²) < 4.78 is 43.1. The number of rotatable bonds is 9. The molecule has 2 fully saturated rings. The topological polar surface area (TPSA) is 111 Å². The maximum absolute atomic E-state index is 13.0. The van der Waals surface area contributed by atoms with Gasteiger partial charge in [-0.25, -0.2) is 8.42 Å². The van der Waals surface area contributed by atoms with Gasteiger partial charge in [0.15, 0.2) is 11.5 Å². The Labute approximate surface area is 225 Å². The van der Waals surface area contributed by atoms with Crippen molar-refractivity contribution in [3.63, 3.8) is 0 Å². The Bertz CT molecular complexity index is 1420. The molecule has 3 aromatic rings.